The van der Waals surface area contributed by atoms with Crippen LogP contribution in [-0.2, 0) is 0 Å². The molecule has 0 bridgehead atoms. The molecule has 0 fully saturated rings. The molecule has 16 heavy (non-hydrogen) atoms. The largest absolute Gasteiger partial charge is 0.306 e. The molecule has 0 aliphatic heterocycles. The number of imidazole rings is 1. The zero-order chi connectivity index (χ0) is 12.3. The van der Waals surface area contributed by atoms with E-state index in [1.165, 1.54) is 0 Å². The van der Waals surface area contributed by atoms with Crippen LogP contribution in [0.25, 0.3) is 11.8 Å². The van der Waals surface area contributed by atoms with E-state index in [-0.39, 0.29) is 11.7 Å². The summed E-state index contributed by atoms with van der Waals surface area (Å²) in [5.74, 6) is 0.764. The van der Waals surface area contributed by atoms with Gasteiger partial charge < -0.3 is 4.57 Å². The fraction of sp³-hybridized carbons (Fsp3) is 0.385. The number of rotatable bonds is 4. The Morgan fingerprint density at radius 3 is 2.62 bits per heavy atom. The van der Waals surface area contributed by atoms with Gasteiger partial charge in [0.05, 0.1) is 0 Å². The van der Waals surface area contributed by atoms with Gasteiger partial charge in [-0.3, -0.25) is 4.79 Å². The summed E-state index contributed by atoms with van der Waals surface area (Å²) < 4.78 is 1.83. The Kier molecular flexibility index (Phi) is 3.82. The minimum atomic E-state index is -0.0353. The minimum absolute atomic E-state index is 0.0353. The van der Waals surface area contributed by atoms with Crippen LogP contribution in [-0.4, -0.2) is 15.3 Å². The van der Waals surface area contributed by atoms with Gasteiger partial charge in [-0.1, -0.05) is 26.5 Å². The summed E-state index contributed by atoms with van der Waals surface area (Å²) in [5.41, 5.74) is 1.35. The molecular weight excluding hydrogens is 200 g/mol. The second-order valence-corrected chi connectivity index (χ2v) is 4.14. The molecule has 3 nitrogen and oxygen atoms in total. The average molecular weight is 218 g/mol. The highest BCUT2D eigenvalue weighted by molar-refractivity contribution is 5.96. The Hall–Kier alpha value is -1.64. The number of carbonyl (C=O) groups is 1. The van der Waals surface area contributed by atoms with Crippen LogP contribution < -0.4 is 0 Å². The molecular formula is C13H18N2O. The Balaban J connectivity index is 3.21. The van der Waals surface area contributed by atoms with Crippen LogP contribution in [0, 0.1) is 5.92 Å². The lowest BCUT2D eigenvalue weighted by molar-refractivity contribution is 0.0935. The van der Waals surface area contributed by atoms with Crippen molar-refractivity contribution >= 4 is 17.6 Å². The van der Waals surface area contributed by atoms with E-state index >= 15 is 0 Å². The number of Topliss-reactive ketones (excluding diaryl/α,β-unsaturated/α-hetero) is 1. The molecule has 0 amide bonds. The fourth-order valence-electron chi connectivity index (χ4n) is 1.40. The molecule has 0 atom stereocenters. The first-order chi connectivity index (χ1) is 7.47. The first kappa shape index (κ1) is 12.4. The van der Waals surface area contributed by atoms with Gasteiger partial charge in [-0.05, 0) is 19.4 Å². The summed E-state index contributed by atoms with van der Waals surface area (Å²) in [6.45, 7) is 11.4. The molecule has 0 saturated carbocycles. The second-order valence-electron chi connectivity index (χ2n) is 4.14. The van der Waals surface area contributed by atoms with Crippen molar-refractivity contribution in [3.8, 4) is 0 Å². The topological polar surface area (TPSA) is 34.9 Å². The van der Waals surface area contributed by atoms with Crippen molar-refractivity contribution in [1.29, 1.82) is 0 Å². The van der Waals surface area contributed by atoms with Crippen molar-refractivity contribution in [2.45, 2.75) is 27.7 Å². The standard InChI is InChI=1S/C13H18N2O/c1-6-7-15-8-11(12(16)9(2)3)14-13(15)10(4)5/h6-9H,4H2,1-3,5H3/b7-6-. The van der Waals surface area contributed by atoms with Gasteiger partial charge in [0.15, 0.2) is 5.78 Å². The predicted octanol–water partition coefficient (Wildman–Crippen LogP) is 3.25. The lowest BCUT2D eigenvalue weighted by Gasteiger charge is -1.98. The molecule has 0 unspecified atom stereocenters. The van der Waals surface area contributed by atoms with Crippen LogP contribution in [0.3, 0.4) is 0 Å². The third-order valence-electron chi connectivity index (χ3n) is 2.20. The fourth-order valence-corrected chi connectivity index (χ4v) is 1.40. The maximum Gasteiger partial charge on any atom is 0.185 e. The van der Waals surface area contributed by atoms with E-state index in [0.717, 1.165) is 11.4 Å². The van der Waals surface area contributed by atoms with Crippen LogP contribution >= 0.6 is 0 Å². The highest BCUT2D eigenvalue weighted by Gasteiger charge is 2.16. The maximum absolute atomic E-state index is 11.8. The molecule has 0 aromatic carbocycles. The first-order valence-corrected chi connectivity index (χ1v) is 5.39. The van der Waals surface area contributed by atoms with Gasteiger partial charge in [0.1, 0.15) is 11.5 Å². The molecule has 0 aliphatic rings. The molecule has 0 N–H and O–H groups in total. The van der Waals surface area contributed by atoms with E-state index < -0.39 is 0 Å². The quantitative estimate of drug-likeness (QED) is 0.727. The summed E-state index contributed by atoms with van der Waals surface area (Å²) >= 11 is 0. The highest BCUT2D eigenvalue weighted by atomic mass is 16.1. The van der Waals surface area contributed by atoms with Crippen molar-refractivity contribution in [3.63, 3.8) is 0 Å². The van der Waals surface area contributed by atoms with Gasteiger partial charge in [0.2, 0.25) is 0 Å². The molecule has 3 heteroatoms. The van der Waals surface area contributed by atoms with Crippen LogP contribution in [0.1, 0.15) is 44.0 Å². The number of allylic oxidation sites excluding steroid dienone is 2. The monoisotopic (exact) mass is 218 g/mol. The van der Waals surface area contributed by atoms with Crippen LogP contribution in [0.5, 0.6) is 0 Å². The first-order valence-electron chi connectivity index (χ1n) is 5.39. The van der Waals surface area contributed by atoms with E-state index in [4.69, 9.17) is 0 Å². The van der Waals surface area contributed by atoms with Gasteiger partial charge >= 0.3 is 0 Å². The number of hydrogen-bond donors (Lipinski definition) is 0. The molecule has 1 rings (SSSR count). The third kappa shape index (κ3) is 2.48. The predicted molar refractivity (Wildman–Crippen MR) is 67.1 cm³/mol. The molecule has 0 aliphatic carbocycles. The van der Waals surface area contributed by atoms with Crippen LogP contribution in [0.2, 0.25) is 0 Å². The normalized spacial score (nSPS) is 11.3. The molecule has 1 heterocycles. The molecule has 0 spiro atoms. The Morgan fingerprint density at radius 2 is 2.19 bits per heavy atom. The van der Waals surface area contributed by atoms with Gasteiger partial charge in [0.25, 0.3) is 0 Å². The van der Waals surface area contributed by atoms with Gasteiger partial charge in [-0.15, -0.1) is 0 Å². The second kappa shape index (κ2) is 4.92. The summed E-state index contributed by atoms with van der Waals surface area (Å²) in [6.07, 6.45) is 5.53. The van der Waals surface area contributed by atoms with E-state index in [2.05, 4.69) is 11.6 Å². The van der Waals surface area contributed by atoms with Gasteiger partial charge in [-0.25, -0.2) is 4.98 Å². The van der Waals surface area contributed by atoms with Crippen LogP contribution in [0.15, 0.2) is 18.9 Å². The zero-order valence-electron chi connectivity index (χ0n) is 10.3. The van der Waals surface area contributed by atoms with E-state index in [9.17, 15) is 4.79 Å². The molecule has 0 radical (unpaired) electrons. The number of hydrogen-bond acceptors (Lipinski definition) is 2. The lowest BCUT2D eigenvalue weighted by atomic mass is 10.1. The lowest BCUT2D eigenvalue weighted by Crippen LogP contribution is -2.07. The maximum atomic E-state index is 11.8. The van der Waals surface area contributed by atoms with E-state index in [1.54, 1.807) is 6.20 Å². The summed E-state index contributed by atoms with van der Waals surface area (Å²) in [7, 11) is 0. The van der Waals surface area contributed by atoms with Crippen molar-refractivity contribution in [1.82, 2.24) is 9.55 Å². The summed E-state index contributed by atoms with van der Waals surface area (Å²) in [6, 6.07) is 0. The number of carbonyl (C=O) groups excluding carboxylic acids is 1. The molecule has 1 aromatic heterocycles. The highest BCUT2D eigenvalue weighted by Crippen LogP contribution is 2.15. The smallest absolute Gasteiger partial charge is 0.185 e. The average Bonchev–Trinajstić information content (AvgIpc) is 2.61. The van der Waals surface area contributed by atoms with E-state index in [0.29, 0.717) is 5.69 Å². The Bertz CT molecular complexity index is 439. The van der Waals surface area contributed by atoms with Crippen molar-refractivity contribution < 1.29 is 4.79 Å². The van der Waals surface area contributed by atoms with Crippen LogP contribution in [0.4, 0.5) is 0 Å². The SMILES string of the molecule is C=C(C)c1nc(C(=O)C(C)C)cn1/C=C\C. The molecule has 1 aromatic rings. The number of ketones is 1. The number of nitrogens with zero attached hydrogens (tertiary/aromatic N) is 2. The molecule has 0 saturated heterocycles. The van der Waals surface area contributed by atoms with Crippen molar-refractivity contribution in [3.05, 3.63) is 30.4 Å². The Labute approximate surface area is 96.5 Å². The summed E-state index contributed by atoms with van der Waals surface area (Å²) in [5, 5.41) is 0. The zero-order valence-corrected chi connectivity index (χ0v) is 10.3. The third-order valence-corrected chi connectivity index (χ3v) is 2.20. The van der Waals surface area contributed by atoms with Gasteiger partial charge in [0, 0.05) is 18.3 Å². The molecule has 86 valence electrons. The minimum Gasteiger partial charge on any atom is -0.306 e. The van der Waals surface area contributed by atoms with Gasteiger partial charge in [-0.2, -0.15) is 0 Å². The number of aromatic nitrogens is 2. The summed E-state index contributed by atoms with van der Waals surface area (Å²) in [4.78, 5) is 16.1. The Morgan fingerprint density at radius 1 is 1.56 bits per heavy atom. The van der Waals surface area contributed by atoms with Crippen molar-refractivity contribution in [2.75, 3.05) is 0 Å². The van der Waals surface area contributed by atoms with E-state index in [1.807, 2.05) is 44.5 Å². The van der Waals surface area contributed by atoms with Crippen molar-refractivity contribution in [2.24, 2.45) is 5.92 Å².